The quantitative estimate of drug-likeness (QED) is 0.928. The molecule has 2 heterocycles. The molecule has 6 nitrogen and oxygen atoms in total. The predicted octanol–water partition coefficient (Wildman–Crippen LogP) is 2.81. The van der Waals surface area contributed by atoms with Crippen LogP contribution in [0.2, 0.25) is 5.02 Å². The molecule has 0 spiro atoms. The average molecular weight is 336 g/mol. The first-order valence-corrected chi connectivity index (χ1v) is 8.22. The molecule has 1 aliphatic heterocycles. The molecule has 0 bridgehead atoms. The number of halogens is 1. The number of nitrogens with zero attached hydrogens (tertiary/aromatic N) is 2. The number of rotatable bonds is 3. The van der Waals surface area contributed by atoms with Gasteiger partial charge in [-0.3, -0.25) is 0 Å². The van der Waals surface area contributed by atoms with E-state index < -0.39 is 5.54 Å². The van der Waals surface area contributed by atoms with Crippen molar-refractivity contribution < 1.29 is 14.0 Å². The van der Waals surface area contributed by atoms with Crippen LogP contribution in [0.5, 0.6) is 11.5 Å². The molecule has 1 aliphatic carbocycles. The van der Waals surface area contributed by atoms with Crippen LogP contribution >= 0.6 is 11.6 Å². The largest absolute Gasteiger partial charge is 0.486 e. The number of hydrogen-bond donors (Lipinski definition) is 1. The zero-order valence-electron chi connectivity index (χ0n) is 12.7. The predicted molar refractivity (Wildman–Crippen MR) is 83.9 cm³/mol. The Morgan fingerprint density at radius 1 is 1.17 bits per heavy atom. The van der Waals surface area contributed by atoms with Gasteiger partial charge < -0.3 is 19.7 Å². The first kappa shape index (κ1) is 14.8. The highest BCUT2D eigenvalue weighted by molar-refractivity contribution is 6.32. The van der Waals surface area contributed by atoms with Gasteiger partial charge in [0.2, 0.25) is 5.89 Å². The second-order valence-electron chi connectivity index (χ2n) is 6.15. The summed E-state index contributed by atoms with van der Waals surface area (Å²) < 4.78 is 16.5. The Bertz CT molecular complexity index is 725. The smallest absolute Gasteiger partial charge is 0.231 e. The zero-order valence-corrected chi connectivity index (χ0v) is 13.4. The van der Waals surface area contributed by atoms with Gasteiger partial charge in [0.15, 0.2) is 17.3 Å². The van der Waals surface area contributed by atoms with E-state index in [4.69, 9.17) is 31.3 Å². The monoisotopic (exact) mass is 335 g/mol. The van der Waals surface area contributed by atoms with Crippen molar-refractivity contribution in [1.29, 1.82) is 0 Å². The van der Waals surface area contributed by atoms with Crippen LogP contribution in [0.1, 0.15) is 43.0 Å². The molecule has 1 aromatic heterocycles. The first-order chi connectivity index (χ1) is 11.1. The molecular weight excluding hydrogens is 318 g/mol. The molecule has 0 saturated heterocycles. The van der Waals surface area contributed by atoms with Crippen LogP contribution in [-0.2, 0) is 12.0 Å². The van der Waals surface area contributed by atoms with E-state index in [1.165, 1.54) is 0 Å². The van der Waals surface area contributed by atoms with E-state index in [-0.39, 0.29) is 0 Å². The van der Waals surface area contributed by atoms with E-state index in [1.54, 1.807) is 0 Å². The summed E-state index contributed by atoms with van der Waals surface area (Å²) in [5.74, 6) is 2.39. The van der Waals surface area contributed by atoms with Gasteiger partial charge in [-0.2, -0.15) is 4.98 Å². The Labute approximate surface area is 138 Å². The van der Waals surface area contributed by atoms with Gasteiger partial charge in [0.1, 0.15) is 13.2 Å². The number of ether oxygens (including phenoxy) is 2. The summed E-state index contributed by atoms with van der Waals surface area (Å²) in [4.78, 5) is 4.48. The summed E-state index contributed by atoms with van der Waals surface area (Å²) in [5.41, 5.74) is 6.86. The molecule has 0 unspecified atom stereocenters. The molecule has 23 heavy (non-hydrogen) atoms. The van der Waals surface area contributed by atoms with Crippen molar-refractivity contribution in [3.8, 4) is 11.5 Å². The van der Waals surface area contributed by atoms with Crippen LogP contribution in [0, 0.1) is 0 Å². The van der Waals surface area contributed by atoms with Crippen LogP contribution in [0.4, 0.5) is 0 Å². The zero-order chi connectivity index (χ0) is 15.9. The summed E-state index contributed by atoms with van der Waals surface area (Å²) in [7, 11) is 0. The highest BCUT2D eigenvalue weighted by Crippen LogP contribution is 2.39. The fourth-order valence-electron chi connectivity index (χ4n) is 3.20. The van der Waals surface area contributed by atoms with Gasteiger partial charge in [-0.15, -0.1) is 0 Å². The van der Waals surface area contributed by atoms with Crippen LogP contribution in [-0.4, -0.2) is 23.4 Å². The lowest BCUT2D eigenvalue weighted by Gasteiger charge is -2.20. The van der Waals surface area contributed by atoms with Crippen molar-refractivity contribution in [3.05, 3.63) is 34.4 Å². The van der Waals surface area contributed by atoms with E-state index >= 15 is 0 Å². The fraction of sp³-hybridized carbons (Fsp3) is 0.500. The maximum atomic E-state index is 6.36. The van der Waals surface area contributed by atoms with Crippen molar-refractivity contribution in [2.75, 3.05) is 13.2 Å². The Balaban J connectivity index is 1.57. The summed E-state index contributed by atoms with van der Waals surface area (Å²) in [6.45, 7) is 1.03. The lowest BCUT2D eigenvalue weighted by molar-refractivity contribution is 0.171. The van der Waals surface area contributed by atoms with Gasteiger partial charge in [-0.05, 0) is 30.5 Å². The molecule has 1 fully saturated rings. The van der Waals surface area contributed by atoms with Gasteiger partial charge in [-0.25, -0.2) is 0 Å². The van der Waals surface area contributed by atoms with E-state index in [9.17, 15) is 0 Å². The second-order valence-corrected chi connectivity index (χ2v) is 6.56. The SMILES string of the molecule is NC1(c2noc(Cc3cc(Cl)c4c(c3)OCCO4)n2)CCCC1. The average Bonchev–Trinajstić information content (AvgIpc) is 3.18. The third kappa shape index (κ3) is 2.77. The highest BCUT2D eigenvalue weighted by atomic mass is 35.5. The minimum absolute atomic E-state index is 0.438. The van der Waals surface area contributed by atoms with Gasteiger partial charge in [0.25, 0.3) is 0 Å². The summed E-state index contributed by atoms with van der Waals surface area (Å²) >= 11 is 6.25. The Morgan fingerprint density at radius 2 is 1.96 bits per heavy atom. The third-order valence-electron chi connectivity index (χ3n) is 4.42. The van der Waals surface area contributed by atoms with Crippen molar-refractivity contribution in [2.24, 2.45) is 5.73 Å². The number of hydrogen-bond acceptors (Lipinski definition) is 6. The van der Waals surface area contributed by atoms with Crippen LogP contribution in [0.25, 0.3) is 0 Å². The first-order valence-electron chi connectivity index (χ1n) is 7.84. The lowest BCUT2D eigenvalue weighted by Crippen LogP contribution is -2.34. The van der Waals surface area contributed by atoms with Gasteiger partial charge in [0, 0.05) is 0 Å². The molecule has 4 rings (SSSR count). The van der Waals surface area contributed by atoms with Crippen LogP contribution in [0.15, 0.2) is 16.7 Å². The summed E-state index contributed by atoms with van der Waals surface area (Å²) in [5, 5.41) is 4.61. The van der Waals surface area contributed by atoms with Crippen molar-refractivity contribution in [2.45, 2.75) is 37.6 Å². The normalized spacial score (nSPS) is 19.0. The molecule has 0 amide bonds. The van der Waals surface area contributed by atoms with Crippen LogP contribution in [0.3, 0.4) is 0 Å². The van der Waals surface area contributed by atoms with Crippen molar-refractivity contribution >= 4 is 11.6 Å². The standard InChI is InChI=1S/C16H18ClN3O3/c17-11-7-10(8-12-14(11)22-6-5-21-12)9-13-19-15(20-23-13)16(18)3-1-2-4-16/h7-8H,1-6,9,18H2. The third-order valence-corrected chi connectivity index (χ3v) is 4.70. The molecule has 2 aromatic rings. The Hall–Kier alpha value is -1.79. The topological polar surface area (TPSA) is 83.4 Å². The molecule has 1 saturated carbocycles. The van der Waals surface area contributed by atoms with E-state index in [0.29, 0.717) is 47.9 Å². The van der Waals surface area contributed by atoms with Crippen molar-refractivity contribution in [3.63, 3.8) is 0 Å². The molecule has 122 valence electrons. The number of fused-ring (bicyclic) bond motifs is 1. The fourth-order valence-corrected chi connectivity index (χ4v) is 3.49. The minimum Gasteiger partial charge on any atom is -0.486 e. The number of nitrogens with two attached hydrogens (primary N) is 1. The maximum Gasteiger partial charge on any atom is 0.231 e. The van der Waals surface area contributed by atoms with Crippen molar-refractivity contribution in [1.82, 2.24) is 10.1 Å². The van der Waals surface area contributed by atoms with Gasteiger partial charge in [0.05, 0.1) is 17.0 Å². The molecule has 0 radical (unpaired) electrons. The Kier molecular flexibility index (Phi) is 3.66. The van der Waals surface area contributed by atoms with Crippen LogP contribution < -0.4 is 15.2 Å². The van der Waals surface area contributed by atoms with Gasteiger partial charge in [-0.1, -0.05) is 29.6 Å². The minimum atomic E-state index is -0.438. The van der Waals surface area contributed by atoms with E-state index in [1.807, 2.05) is 12.1 Å². The Morgan fingerprint density at radius 3 is 2.78 bits per heavy atom. The van der Waals surface area contributed by atoms with E-state index in [0.717, 1.165) is 31.2 Å². The molecule has 2 aliphatic rings. The number of aromatic nitrogens is 2. The molecule has 2 N–H and O–H groups in total. The molecular formula is C16H18ClN3O3. The lowest BCUT2D eigenvalue weighted by atomic mass is 9.99. The molecule has 1 aromatic carbocycles. The van der Waals surface area contributed by atoms with Gasteiger partial charge >= 0.3 is 0 Å². The maximum absolute atomic E-state index is 6.36. The summed E-state index contributed by atoms with van der Waals surface area (Å²) in [6, 6.07) is 3.74. The second kappa shape index (κ2) is 5.69. The summed E-state index contributed by atoms with van der Waals surface area (Å²) in [6.07, 6.45) is 4.51. The highest BCUT2D eigenvalue weighted by Gasteiger charge is 2.36. The molecule has 0 atom stereocenters. The number of benzene rings is 1. The van der Waals surface area contributed by atoms with E-state index in [2.05, 4.69) is 10.1 Å². The molecule has 7 heteroatoms.